The van der Waals surface area contributed by atoms with E-state index in [1.165, 1.54) is 12.3 Å². The van der Waals surface area contributed by atoms with Gasteiger partial charge in [-0.05, 0) is 6.42 Å². The molecule has 0 radical (unpaired) electrons. The van der Waals surface area contributed by atoms with Gasteiger partial charge in [0.2, 0.25) is 0 Å². The highest BCUT2D eigenvalue weighted by atomic mass is 16.5. The van der Waals surface area contributed by atoms with Crippen molar-refractivity contribution in [2.24, 2.45) is 0 Å². The van der Waals surface area contributed by atoms with Gasteiger partial charge in [-0.15, -0.1) is 0 Å². The van der Waals surface area contributed by atoms with Crippen molar-refractivity contribution in [2.75, 3.05) is 13.7 Å². The van der Waals surface area contributed by atoms with Gasteiger partial charge >= 0.3 is 0 Å². The van der Waals surface area contributed by atoms with E-state index in [4.69, 9.17) is 4.74 Å². The third-order valence-electron chi connectivity index (χ3n) is 1.49. The van der Waals surface area contributed by atoms with E-state index in [0.29, 0.717) is 6.61 Å². The Kier molecular flexibility index (Phi) is 3.47. The van der Waals surface area contributed by atoms with Gasteiger partial charge < -0.3 is 9.72 Å². The van der Waals surface area contributed by atoms with Crippen molar-refractivity contribution in [2.45, 2.75) is 12.8 Å². The summed E-state index contributed by atoms with van der Waals surface area (Å²) in [6.45, 7) is 0.693. The maximum absolute atomic E-state index is 10.8. The van der Waals surface area contributed by atoms with Crippen LogP contribution in [0.3, 0.4) is 0 Å². The van der Waals surface area contributed by atoms with Crippen LogP contribution in [0.2, 0.25) is 0 Å². The molecule has 0 spiro atoms. The van der Waals surface area contributed by atoms with Crippen LogP contribution < -0.4 is 5.56 Å². The van der Waals surface area contributed by atoms with Gasteiger partial charge in [0.05, 0.1) is 0 Å². The van der Waals surface area contributed by atoms with Gasteiger partial charge in [-0.25, -0.2) is 4.98 Å². The summed E-state index contributed by atoms with van der Waals surface area (Å²) in [6, 6.07) is 1.40. The van der Waals surface area contributed by atoms with Gasteiger partial charge in [-0.1, -0.05) is 0 Å². The highest BCUT2D eigenvalue weighted by molar-refractivity contribution is 4.89. The van der Waals surface area contributed by atoms with E-state index in [9.17, 15) is 4.79 Å². The molecule has 0 aliphatic rings. The Balaban J connectivity index is 2.47. The molecular weight excluding hydrogens is 156 g/mol. The standard InChI is InChI=1S/C8H12N2O2/c1-12-6-2-3-7-9-5-4-8(11)10-7/h4-5H,2-3,6H2,1H3,(H,9,10,11). The van der Waals surface area contributed by atoms with Crippen LogP contribution in [0, 0.1) is 0 Å². The highest BCUT2D eigenvalue weighted by Gasteiger charge is 1.93. The van der Waals surface area contributed by atoms with E-state index in [1.54, 1.807) is 7.11 Å². The summed E-state index contributed by atoms with van der Waals surface area (Å²) in [5.41, 5.74) is -0.0996. The minimum Gasteiger partial charge on any atom is -0.385 e. The number of aromatic amines is 1. The summed E-state index contributed by atoms with van der Waals surface area (Å²) in [5.74, 6) is 0.722. The molecule has 12 heavy (non-hydrogen) atoms. The molecule has 0 aromatic carbocycles. The second-order valence-corrected chi connectivity index (χ2v) is 2.48. The summed E-state index contributed by atoms with van der Waals surface area (Å²) < 4.78 is 4.87. The highest BCUT2D eigenvalue weighted by Crippen LogP contribution is 1.91. The van der Waals surface area contributed by atoms with Gasteiger partial charge in [0.15, 0.2) is 0 Å². The molecule has 1 N–H and O–H groups in total. The average Bonchev–Trinajstić information content (AvgIpc) is 2.05. The molecule has 0 aliphatic heterocycles. The molecule has 1 heterocycles. The fourth-order valence-electron chi connectivity index (χ4n) is 0.922. The van der Waals surface area contributed by atoms with E-state index in [2.05, 4.69) is 9.97 Å². The lowest BCUT2D eigenvalue weighted by Crippen LogP contribution is -2.09. The van der Waals surface area contributed by atoms with Gasteiger partial charge in [-0.3, -0.25) is 4.79 Å². The molecule has 0 unspecified atom stereocenters. The maximum Gasteiger partial charge on any atom is 0.250 e. The number of rotatable bonds is 4. The molecule has 4 heteroatoms. The first-order chi connectivity index (χ1) is 5.83. The van der Waals surface area contributed by atoms with E-state index in [1.807, 2.05) is 0 Å². The Bertz CT molecular complexity index is 282. The Morgan fingerprint density at radius 2 is 2.50 bits per heavy atom. The van der Waals surface area contributed by atoms with Crippen LogP contribution in [0.1, 0.15) is 12.2 Å². The second-order valence-electron chi connectivity index (χ2n) is 2.48. The zero-order valence-corrected chi connectivity index (χ0v) is 7.04. The fraction of sp³-hybridized carbons (Fsp3) is 0.500. The molecule has 0 amide bonds. The lowest BCUT2D eigenvalue weighted by Gasteiger charge is -1.98. The van der Waals surface area contributed by atoms with Crippen molar-refractivity contribution in [3.63, 3.8) is 0 Å². The van der Waals surface area contributed by atoms with E-state index < -0.39 is 0 Å². The van der Waals surface area contributed by atoms with Crippen molar-refractivity contribution in [3.05, 3.63) is 28.4 Å². The molecule has 66 valence electrons. The van der Waals surface area contributed by atoms with Gasteiger partial charge in [0, 0.05) is 32.4 Å². The van der Waals surface area contributed by atoms with Crippen LogP contribution in [0.25, 0.3) is 0 Å². The summed E-state index contributed by atoms with van der Waals surface area (Å²) in [4.78, 5) is 17.4. The average molecular weight is 168 g/mol. The summed E-state index contributed by atoms with van der Waals surface area (Å²) in [7, 11) is 1.65. The molecule has 1 rings (SSSR count). The normalized spacial score (nSPS) is 10.1. The molecule has 0 saturated heterocycles. The van der Waals surface area contributed by atoms with E-state index >= 15 is 0 Å². The number of aromatic nitrogens is 2. The van der Waals surface area contributed by atoms with Crippen molar-refractivity contribution in [3.8, 4) is 0 Å². The monoisotopic (exact) mass is 168 g/mol. The summed E-state index contributed by atoms with van der Waals surface area (Å²) in [6.07, 6.45) is 3.15. The van der Waals surface area contributed by atoms with Crippen molar-refractivity contribution in [1.82, 2.24) is 9.97 Å². The predicted octanol–water partition coefficient (Wildman–Crippen LogP) is 0.349. The lowest BCUT2D eigenvalue weighted by atomic mass is 10.3. The van der Waals surface area contributed by atoms with Crippen LogP contribution in [0.5, 0.6) is 0 Å². The van der Waals surface area contributed by atoms with Gasteiger partial charge in [0.1, 0.15) is 5.82 Å². The number of hydrogen-bond acceptors (Lipinski definition) is 3. The van der Waals surface area contributed by atoms with Crippen LogP contribution in [-0.4, -0.2) is 23.7 Å². The third-order valence-corrected chi connectivity index (χ3v) is 1.49. The molecular formula is C8H12N2O2. The lowest BCUT2D eigenvalue weighted by molar-refractivity contribution is 0.194. The second kappa shape index (κ2) is 4.66. The quantitative estimate of drug-likeness (QED) is 0.660. The van der Waals surface area contributed by atoms with Crippen LogP contribution in [-0.2, 0) is 11.2 Å². The predicted molar refractivity (Wildman–Crippen MR) is 45.1 cm³/mol. The number of aryl methyl sites for hydroxylation is 1. The van der Waals surface area contributed by atoms with Crippen molar-refractivity contribution in [1.29, 1.82) is 0 Å². The van der Waals surface area contributed by atoms with Crippen LogP contribution in [0.15, 0.2) is 17.1 Å². The Morgan fingerprint density at radius 3 is 3.17 bits per heavy atom. The molecule has 4 nitrogen and oxygen atoms in total. The topological polar surface area (TPSA) is 55.0 Å². The molecule has 0 fully saturated rings. The fourth-order valence-corrected chi connectivity index (χ4v) is 0.922. The molecule has 1 aromatic heterocycles. The number of nitrogens with zero attached hydrogens (tertiary/aromatic N) is 1. The number of ether oxygens (including phenoxy) is 1. The SMILES string of the molecule is COCCCc1nccc(=O)[nH]1. The first-order valence-corrected chi connectivity index (χ1v) is 3.86. The smallest absolute Gasteiger partial charge is 0.250 e. The van der Waals surface area contributed by atoms with Crippen molar-refractivity contribution >= 4 is 0 Å². The minimum absolute atomic E-state index is 0.0996. The molecule has 0 saturated carbocycles. The number of methoxy groups -OCH3 is 1. The van der Waals surface area contributed by atoms with Gasteiger partial charge in [0.25, 0.3) is 5.56 Å². The van der Waals surface area contributed by atoms with E-state index in [-0.39, 0.29) is 5.56 Å². The minimum atomic E-state index is -0.0996. The van der Waals surface area contributed by atoms with Gasteiger partial charge in [-0.2, -0.15) is 0 Å². The van der Waals surface area contributed by atoms with Crippen LogP contribution >= 0.6 is 0 Å². The van der Waals surface area contributed by atoms with E-state index in [0.717, 1.165) is 18.7 Å². The first kappa shape index (κ1) is 8.93. The zero-order valence-electron chi connectivity index (χ0n) is 7.04. The third kappa shape index (κ3) is 2.84. The number of H-pyrrole nitrogens is 1. The Labute approximate surface area is 70.6 Å². The largest absolute Gasteiger partial charge is 0.385 e. The molecule has 0 aliphatic carbocycles. The Hall–Kier alpha value is -1.16. The first-order valence-electron chi connectivity index (χ1n) is 3.86. The van der Waals surface area contributed by atoms with Crippen molar-refractivity contribution < 1.29 is 4.74 Å². The maximum atomic E-state index is 10.8. The number of hydrogen-bond donors (Lipinski definition) is 1. The molecule has 0 bridgehead atoms. The molecule has 0 atom stereocenters. The summed E-state index contributed by atoms with van der Waals surface area (Å²) in [5, 5.41) is 0. The summed E-state index contributed by atoms with van der Waals surface area (Å²) >= 11 is 0. The van der Waals surface area contributed by atoms with Crippen LogP contribution in [0.4, 0.5) is 0 Å². The number of nitrogens with one attached hydrogen (secondary N) is 1. The Morgan fingerprint density at radius 1 is 1.67 bits per heavy atom. The zero-order chi connectivity index (χ0) is 8.81. The molecule has 1 aromatic rings.